The van der Waals surface area contributed by atoms with Crippen molar-refractivity contribution in [1.29, 1.82) is 0 Å². The third-order valence-corrected chi connectivity index (χ3v) is 4.43. The zero-order valence-electron chi connectivity index (χ0n) is 16.1. The molecule has 30 heavy (non-hydrogen) atoms. The normalized spacial score (nSPS) is 16.9. The Bertz CT molecular complexity index is 460. The van der Waals surface area contributed by atoms with Crippen molar-refractivity contribution in [1.82, 2.24) is 0 Å². The molecule has 0 aliphatic carbocycles. The van der Waals surface area contributed by atoms with Crippen LogP contribution in [0.5, 0.6) is 0 Å². The quantitative estimate of drug-likeness (QED) is 0.0503. The van der Waals surface area contributed by atoms with Gasteiger partial charge in [-0.05, 0) is 0 Å². The molecule has 0 aromatic carbocycles. The summed E-state index contributed by atoms with van der Waals surface area (Å²) < 4.78 is 4.37. The van der Waals surface area contributed by atoms with Gasteiger partial charge in [-0.15, -0.1) is 0 Å². The minimum atomic E-state index is -2.00. The standard InChI is InChI=1S/C5H8Br2O3.C5H10O5.C4H8O5.K/c1-10-5(9)4(7)3(8)2-6;6-1-3(8)5(10)4(9)2-7;5-1-2(6)3(7)4(8)9;/h3-4,8H,2H2,1H3;1,3-5,7-10H,2H2;2-3,5-7H,1H2,(H,8,9);/q;;;+1/p-1/t3-,4+;3-,4-,5+;2-,3-;/m111./s1. The number of hydrogen-bond donors (Lipinski definition) is 8. The van der Waals surface area contributed by atoms with E-state index in [2.05, 4.69) is 36.6 Å². The fraction of sp³-hybridized carbons (Fsp3) is 0.786. The molecule has 0 spiro atoms. The molecule has 0 radical (unpaired) electrons. The SMILES string of the molecule is COC(=O)[C@@H](Br)[C@H](O)CBr.O=C([O-])[C@H](O)[C@H](O)CO.O=C[C@@H](O)[C@H](O)[C@H](O)CO.[K+]. The molecule has 0 amide bonds. The van der Waals surface area contributed by atoms with Gasteiger partial charge < -0.3 is 60.3 Å². The van der Waals surface area contributed by atoms with Gasteiger partial charge in [-0.1, -0.05) is 31.9 Å². The Morgan fingerprint density at radius 3 is 1.67 bits per heavy atom. The van der Waals surface area contributed by atoms with E-state index in [0.717, 1.165) is 0 Å². The Labute approximate surface area is 231 Å². The molecule has 0 aliphatic heterocycles. The van der Waals surface area contributed by atoms with Gasteiger partial charge in [0, 0.05) is 5.33 Å². The minimum Gasteiger partial charge on any atom is -0.547 e. The maximum absolute atomic E-state index is 10.7. The number of aldehydes is 1. The van der Waals surface area contributed by atoms with Crippen molar-refractivity contribution in [2.45, 2.75) is 41.5 Å². The first-order valence-electron chi connectivity index (χ1n) is 7.60. The van der Waals surface area contributed by atoms with Crippen molar-refractivity contribution in [3.8, 4) is 0 Å². The second kappa shape index (κ2) is 23.1. The largest absolute Gasteiger partial charge is 1.00 e. The van der Waals surface area contributed by atoms with Crippen LogP contribution in [0.25, 0.3) is 0 Å². The Morgan fingerprint density at radius 1 is 1.00 bits per heavy atom. The van der Waals surface area contributed by atoms with E-state index in [-0.39, 0.29) is 57.7 Å². The smallest absolute Gasteiger partial charge is 0.547 e. The van der Waals surface area contributed by atoms with Crippen LogP contribution < -0.4 is 56.5 Å². The Balaban J connectivity index is -0.000000167. The number of methoxy groups -OCH3 is 1. The second-order valence-corrected chi connectivity index (χ2v) is 6.66. The second-order valence-electron chi connectivity index (χ2n) is 5.03. The van der Waals surface area contributed by atoms with E-state index >= 15 is 0 Å². The Hall–Kier alpha value is 0.886. The number of carbonyl (C=O) groups excluding carboxylic acids is 3. The summed E-state index contributed by atoms with van der Waals surface area (Å²) in [5, 5.41) is 77.9. The maximum atomic E-state index is 10.7. The molecule has 0 saturated carbocycles. The van der Waals surface area contributed by atoms with Gasteiger partial charge in [-0.2, -0.15) is 0 Å². The van der Waals surface area contributed by atoms with Crippen LogP contribution in [0.2, 0.25) is 0 Å². The predicted molar refractivity (Wildman–Crippen MR) is 99.8 cm³/mol. The molecule has 0 aromatic heterocycles. The molecule has 8 N–H and O–H groups in total. The summed E-state index contributed by atoms with van der Waals surface area (Å²) in [7, 11) is 1.28. The first-order chi connectivity index (χ1) is 13.4. The molecule has 0 saturated heterocycles. The first kappa shape index (κ1) is 38.2. The van der Waals surface area contributed by atoms with E-state index in [1.807, 2.05) is 0 Å². The van der Waals surface area contributed by atoms with Crippen molar-refractivity contribution >= 4 is 50.1 Å². The summed E-state index contributed by atoms with van der Waals surface area (Å²) in [6, 6.07) is 0. The Morgan fingerprint density at radius 2 is 1.43 bits per heavy atom. The van der Waals surface area contributed by atoms with Crippen molar-refractivity contribution < 1.29 is 116 Å². The maximum Gasteiger partial charge on any atom is 1.00 e. The van der Waals surface area contributed by atoms with Crippen LogP contribution in [0.4, 0.5) is 0 Å². The van der Waals surface area contributed by atoms with Gasteiger partial charge in [-0.25, -0.2) is 0 Å². The fourth-order valence-corrected chi connectivity index (χ4v) is 2.27. The number of carbonyl (C=O) groups is 3. The van der Waals surface area contributed by atoms with Gasteiger partial charge in [-0.3, -0.25) is 4.79 Å². The van der Waals surface area contributed by atoms with Gasteiger partial charge >= 0.3 is 57.4 Å². The van der Waals surface area contributed by atoms with E-state index in [4.69, 9.17) is 40.9 Å². The molecule has 0 fully saturated rings. The molecular formula is C14H25Br2KO13. The summed E-state index contributed by atoms with van der Waals surface area (Å²) in [6.07, 6.45) is -9.04. The van der Waals surface area contributed by atoms with Crippen LogP contribution in [0.3, 0.4) is 0 Å². The number of esters is 1. The molecule has 0 aromatic rings. The summed E-state index contributed by atoms with van der Waals surface area (Å²) in [5.41, 5.74) is 0. The number of carboxylic acid groups (broad SMARTS) is 1. The number of aliphatic hydroxyl groups excluding tert-OH is 8. The monoisotopic (exact) mass is 598 g/mol. The number of aliphatic hydroxyl groups is 8. The molecule has 16 heteroatoms. The van der Waals surface area contributed by atoms with Crippen LogP contribution in [-0.4, -0.2) is 126 Å². The zero-order valence-corrected chi connectivity index (χ0v) is 22.4. The van der Waals surface area contributed by atoms with E-state index < -0.39 is 66.6 Å². The molecule has 0 unspecified atom stereocenters. The minimum absolute atomic E-state index is 0. The number of alkyl halides is 2. The average molecular weight is 600 g/mol. The van der Waals surface area contributed by atoms with Crippen LogP contribution >= 0.6 is 31.9 Å². The summed E-state index contributed by atoms with van der Waals surface area (Å²) in [5.74, 6) is -2.26. The van der Waals surface area contributed by atoms with E-state index in [9.17, 15) is 19.5 Å². The van der Waals surface area contributed by atoms with Crippen molar-refractivity contribution in [2.24, 2.45) is 0 Å². The zero-order chi connectivity index (χ0) is 23.7. The predicted octanol–water partition coefficient (Wildman–Crippen LogP) is -8.61. The van der Waals surface area contributed by atoms with E-state index in [1.165, 1.54) is 7.11 Å². The molecular weight excluding hydrogens is 575 g/mol. The third-order valence-electron chi connectivity index (χ3n) is 2.79. The molecule has 174 valence electrons. The van der Waals surface area contributed by atoms with Crippen LogP contribution in [0.1, 0.15) is 0 Å². The topological polar surface area (TPSA) is 245 Å². The van der Waals surface area contributed by atoms with Gasteiger partial charge in [0.15, 0.2) is 6.29 Å². The van der Waals surface area contributed by atoms with Gasteiger partial charge in [0.05, 0.1) is 32.4 Å². The number of hydrogen-bond acceptors (Lipinski definition) is 13. The van der Waals surface area contributed by atoms with E-state index in [0.29, 0.717) is 5.33 Å². The number of halogens is 2. The van der Waals surface area contributed by atoms with Crippen LogP contribution in [0.15, 0.2) is 0 Å². The number of carboxylic acids is 1. The molecule has 7 atom stereocenters. The summed E-state index contributed by atoms with van der Waals surface area (Å²) >= 11 is 6.00. The van der Waals surface area contributed by atoms with Crippen LogP contribution in [0, 0.1) is 0 Å². The molecule has 0 aliphatic rings. The van der Waals surface area contributed by atoms with Gasteiger partial charge in [0.2, 0.25) is 0 Å². The van der Waals surface area contributed by atoms with Crippen LogP contribution in [-0.2, 0) is 19.1 Å². The van der Waals surface area contributed by atoms with Gasteiger partial charge in [0.25, 0.3) is 0 Å². The number of ether oxygens (including phenoxy) is 1. The van der Waals surface area contributed by atoms with Gasteiger partial charge in [0.1, 0.15) is 35.3 Å². The number of rotatable bonds is 10. The van der Waals surface area contributed by atoms with Crippen molar-refractivity contribution in [2.75, 3.05) is 25.7 Å². The van der Waals surface area contributed by atoms with Crippen molar-refractivity contribution in [3.63, 3.8) is 0 Å². The fourth-order valence-electron chi connectivity index (χ4n) is 1.02. The molecule has 13 nitrogen and oxygen atoms in total. The summed E-state index contributed by atoms with van der Waals surface area (Å²) in [4.78, 5) is 29.5. The Kier molecular flexibility index (Phi) is 29.3. The first-order valence-corrected chi connectivity index (χ1v) is 9.63. The average Bonchev–Trinajstić information content (AvgIpc) is 2.74. The molecule has 0 bridgehead atoms. The number of aliphatic carboxylic acids is 1. The van der Waals surface area contributed by atoms with Crippen molar-refractivity contribution in [3.05, 3.63) is 0 Å². The molecule has 0 heterocycles. The van der Waals surface area contributed by atoms with E-state index in [1.54, 1.807) is 0 Å². The summed E-state index contributed by atoms with van der Waals surface area (Å²) in [6.45, 7) is -1.48. The third kappa shape index (κ3) is 18.5. The molecule has 0 rings (SSSR count).